The van der Waals surface area contributed by atoms with Crippen LogP contribution in [0, 0.1) is 5.92 Å². The molecule has 2 aliphatic rings. The molecular weight excluding hydrogens is 248 g/mol. The molecule has 0 amide bonds. The van der Waals surface area contributed by atoms with Gasteiger partial charge in [-0.15, -0.1) is 0 Å². The SMILES string of the molecule is CC1CCCCC1NS(=O)(=O)CC1CCCCN1. The van der Waals surface area contributed by atoms with Crippen molar-refractivity contribution in [2.75, 3.05) is 12.3 Å². The van der Waals surface area contributed by atoms with Gasteiger partial charge in [0.2, 0.25) is 10.0 Å². The van der Waals surface area contributed by atoms with Crippen LogP contribution in [0.2, 0.25) is 0 Å². The van der Waals surface area contributed by atoms with Crippen molar-refractivity contribution in [3.8, 4) is 0 Å². The fourth-order valence-corrected chi connectivity index (χ4v) is 4.82. The minimum absolute atomic E-state index is 0.148. The van der Waals surface area contributed by atoms with Crippen LogP contribution in [0.4, 0.5) is 0 Å². The molecule has 1 aliphatic carbocycles. The third-order valence-corrected chi connectivity index (χ3v) is 5.78. The summed E-state index contributed by atoms with van der Waals surface area (Å²) >= 11 is 0. The summed E-state index contributed by atoms with van der Waals surface area (Å²) in [6.45, 7) is 3.12. The maximum absolute atomic E-state index is 12.2. The fraction of sp³-hybridized carbons (Fsp3) is 1.00. The van der Waals surface area contributed by atoms with Gasteiger partial charge in [0.05, 0.1) is 5.75 Å². The molecule has 0 radical (unpaired) electrons. The van der Waals surface area contributed by atoms with E-state index in [-0.39, 0.29) is 17.8 Å². The summed E-state index contributed by atoms with van der Waals surface area (Å²) in [5.74, 6) is 0.726. The van der Waals surface area contributed by atoms with Gasteiger partial charge < -0.3 is 5.32 Å². The van der Waals surface area contributed by atoms with Gasteiger partial charge in [-0.1, -0.05) is 26.2 Å². The van der Waals surface area contributed by atoms with E-state index in [1.165, 1.54) is 12.8 Å². The molecule has 5 heteroatoms. The third-order valence-electron chi connectivity index (χ3n) is 4.28. The molecule has 106 valence electrons. The Hall–Kier alpha value is -0.130. The zero-order chi connectivity index (χ0) is 13.0. The maximum Gasteiger partial charge on any atom is 0.213 e. The normalized spacial score (nSPS) is 34.4. The average Bonchev–Trinajstić information content (AvgIpc) is 2.32. The molecule has 1 saturated heterocycles. The lowest BCUT2D eigenvalue weighted by molar-refractivity contribution is 0.309. The van der Waals surface area contributed by atoms with Gasteiger partial charge in [-0.25, -0.2) is 13.1 Å². The first-order chi connectivity index (χ1) is 8.57. The highest BCUT2D eigenvalue weighted by atomic mass is 32.2. The molecule has 2 N–H and O–H groups in total. The van der Waals surface area contributed by atoms with Crippen LogP contribution in [0.25, 0.3) is 0 Å². The van der Waals surface area contributed by atoms with Crippen molar-refractivity contribution in [3.05, 3.63) is 0 Å². The average molecular weight is 274 g/mol. The molecule has 1 saturated carbocycles. The predicted octanol–water partition coefficient (Wildman–Crippen LogP) is 1.63. The first kappa shape index (κ1) is 14.3. The molecule has 0 aromatic carbocycles. The van der Waals surface area contributed by atoms with Gasteiger partial charge in [-0.05, 0) is 38.1 Å². The molecule has 1 aliphatic heterocycles. The van der Waals surface area contributed by atoms with Crippen molar-refractivity contribution in [1.82, 2.24) is 10.0 Å². The van der Waals surface area contributed by atoms with Crippen molar-refractivity contribution < 1.29 is 8.42 Å². The fourth-order valence-electron chi connectivity index (χ4n) is 3.10. The topological polar surface area (TPSA) is 58.2 Å². The number of hydrogen-bond acceptors (Lipinski definition) is 3. The van der Waals surface area contributed by atoms with E-state index in [1.54, 1.807) is 0 Å². The second-order valence-electron chi connectivity index (χ2n) is 5.91. The Bertz CT molecular complexity index is 350. The van der Waals surface area contributed by atoms with Crippen molar-refractivity contribution in [3.63, 3.8) is 0 Å². The van der Waals surface area contributed by atoms with Crippen LogP contribution in [-0.4, -0.2) is 32.8 Å². The van der Waals surface area contributed by atoms with Crippen LogP contribution in [0.15, 0.2) is 0 Å². The lowest BCUT2D eigenvalue weighted by Crippen LogP contribution is -2.47. The van der Waals surface area contributed by atoms with E-state index < -0.39 is 10.0 Å². The highest BCUT2D eigenvalue weighted by molar-refractivity contribution is 7.89. The smallest absolute Gasteiger partial charge is 0.213 e. The zero-order valence-corrected chi connectivity index (χ0v) is 12.1. The number of nitrogens with one attached hydrogen (secondary N) is 2. The molecule has 2 rings (SSSR count). The van der Waals surface area contributed by atoms with Gasteiger partial charge in [0.1, 0.15) is 0 Å². The monoisotopic (exact) mass is 274 g/mol. The molecule has 0 bridgehead atoms. The van der Waals surface area contributed by atoms with Crippen LogP contribution in [0.3, 0.4) is 0 Å². The van der Waals surface area contributed by atoms with E-state index >= 15 is 0 Å². The molecule has 4 nitrogen and oxygen atoms in total. The van der Waals surface area contributed by atoms with Gasteiger partial charge in [-0.2, -0.15) is 0 Å². The highest BCUT2D eigenvalue weighted by Crippen LogP contribution is 2.24. The Kier molecular flexibility index (Phi) is 5.04. The van der Waals surface area contributed by atoms with E-state index in [1.807, 2.05) is 0 Å². The summed E-state index contributed by atoms with van der Waals surface area (Å²) in [7, 11) is -3.13. The van der Waals surface area contributed by atoms with Crippen LogP contribution in [0.1, 0.15) is 51.9 Å². The van der Waals surface area contributed by atoms with Crippen molar-refractivity contribution in [2.24, 2.45) is 5.92 Å². The van der Waals surface area contributed by atoms with Crippen LogP contribution >= 0.6 is 0 Å². The summed E-state index contributed by atoms with van der Waals surface area (Å²) in [4.78, 5) is 0. The van der Waals surface area contributed by atoms with Gasteiger partial charge in [0.15, 0.2) is 0 Å². The zero-order valence-electron chi connectivity index (χ0n) is 11.3. The summed E-state index contributed by atoms with van der Waals surface area (Å²) in [6.07, 6.45) is 7.84. The summed E-state index contributed by atoms with van der Waals surface area (Å²) in [5, 5.41) is 3.30. The van der Waals surface area contributed by atoms with Crippen molar-refractivity contribution in [2.45, 2.75) is 64.0 Å². The van der Waals surface area contributed by atoms with E-state index in [0.717, 1.165) is 38.6 Å². The summed E-state index contributed by atoms with van der Waals surface area (Å²) in [6, 6.07) is 0.308. The van der Waals surface area contributed by atoms with E-state index in [9.17, 15) is 8.42 Å². The lowest BCUT2D eigenvalue weighted by Gasteiger charge is -2.30. The van der Waals surface area contributed by atoms with Gasteiger partial charge in [-0.3, -0.25) is 0 Å². The minimum atomic E-state index is -3.13. The van der Waals surface area contributed by atoms with Crippen molar-refractivity contribution >= 4 is 10.0 Å². The van der Waals surface area contributed by atoms with Crippen LogP contribution in [0.5, 0.6) is 0 Å². The van der Waals surface area contributed by atoms with Crippen molar-refractivity contribution in [1.29, 1.82) is 0 Å². The summed E-state index contributed by atoms with van der Waals surface area (Å²) < 4.78 is 27.2. The first-order valence-electron chi connectivity index (χ1n) is 7.30. The lowest BCUT2D eigenvalue weighted by atomic mass is 9.87. The number of hydrogen-bond donors (Lipinski definition) is 2. The van der Waals surface area contributed by atoms with E-state index in [2.05, 4.69) is 17.0 Å². The molecule has 0 aromatic heterocycles. The van der Waals surface area contributed by atoms with E-state index in [4.69, 9.17) is 0 Å². The Morgan fingerprint density at radius 1 is 1.11 bits per heavy atom. The van der Waals surface area contributed by atoms with Gasteiger partial charge in [0, 0.05) is 12.1 Å². The Balaban J connectivity index is 1.85. The number of piperidine rings is 1. The second-order valence-corrected chi connectivity index (χ2v) is 7.71. The largest absolute Gasteiger partial charge is 0.313 e. The van der Waals surface area contributed by atoms with Gasteiger partial charge >= 0.3 is 0 Å². The van der Waals surface area contributed by atoms with Crippen LogP contribution < -0.4 is 10.0 Å². The Morgan fingerprint density at radius 2 is 1.83 bits per heavy atom. The molecule has 1 heterocycles. The predicted molar refractivity (Wildman–Crippen MR) is 74.0 cm³/mol. The Labute approximate surface area is 111 Å². The Morgan fingerprint density at radius 3 is 2.50 bits per heavy atom. The summed E-state index contributed by atoms with van der Waals surface area (Å²) in [5.41, 5.74) is 0. The molecule has 18 heavy (non-hydrogen) atoms. The quantitative estimate of drug-likeness (QED) is 0.819. The number of rotatable bonds is 4. The molecule has 0 aromatic rings. The standard InChI is InChI=1S/C13H26N2O2S/c1-11-6-2-3-8-13(11)15-18(16,17)10-12-7-4-5-9-14-12/h11-15H,2-10H2,1H3. The maximum atomic E-state index is 12.2. The molecular formula is C13H26N2O2S. The second kappa shape index (κ2) is 6.35. The highest BCUT2D eigenvalue weighted by Gasteiger charge is 2.27. The molecule has 2 fully saturated rings. The first-order valence-corrected chi connectivity index (χ1v) is 8.95. The number of sulfonamides is 1. The molecule has 3 atom stereocenters. The molecule has 3 unspecified atom stereocenters. The minimum Gasteiger partial charge on any atom is -0.313 e. The third kappa shape index (κ3) is 4.21. The molecule has 0 spiro atoms. The van der Waals surface area contributed by atoms with Gasteiger partial charge in [0.25, 0.3) is 0 Å². The van der Waals surface area contributed by atoms with E-state index in [0.29, 0.717) is 5.92 Å². The van der Waals surface area contributed by atoms with Crippen LogP contribution in [-0.2, 0) is 10.0 Å².